The van der Waals surface area contributed by atoms with Crippen LogP contribution in [0.2, 0.25) is 0 Å². The van der Waals surface area contributed by atoms with Gasteiger partial charge in [-0.05, 0) is 135 Å². The first-order valence-corrected chi connectivity index (χ1v) is 28.7. The number of unbranched alkanes of at least 4 members (excludes halogenated alkanes) is 17. The fraction of sp³-hybridized carbons (Fsp3) is 0.615. The van der Waals surface area contributed by atoms with Gasteiger partial charge in [0.15, 0.2) is 6.10 Å². The Hall–Kier alpha value is -4.45. The standard InChI is InChI=1S/C65H104O6/c1-4-7-10-13-16-19-22-25-28-30-32-34-37-40-43-46-49-52-55-58-64(67)70-61-62(60-69-63(66)57-54-51-48-45-42-39-36-27-24-21-18-15-12-9-6-3)71-65(68)59-56-53-50-47-44-41-38-35-33-31-29-26-23-20-17-14-11-8-5-2/h7-8,10-11,16-17,19-20,25-29,32-36,40-41,43-44,62H,4-6,9,12-15,18,21-24,30-31,37-39,42,45-61H2,1-3H3/b10-7-,11-8-,19-16-,20-17-,28-25-,29-26-,34-32-,35-33-,36-27-,43-40-,44-41-/t62-/m0/s1. The van der Waals surface area contributed by atoms with E-state index in [0.717, 1.165) is 141 Å². The first kappa shape index (κ1) is 66.6. The molecule has 0 amide bonds. The summed E-state index contributed by atoms with van der Waals surface area (Å²) in [5.41, 5.74) is 0. The lowest BCUT2D eigenvalue weighted by molar-refractivity contribution is -0.167. The summed E-state index contributed by atoms with van der Waals surface area (Å²) in [4.78, 5) is 38.2. The fourth-order valence-corrected chi connectivity index (χ4v) is 7.37. The van der Waals surface area contributed by atoms with Crippen molar-refractivity contribution in [3.63, 3.8) is 0 Å². The zero-order chi connectivity index (χ0) is 51.4. The van der Waals surface area contributed by atoms with Crippen LogP contribution in [0.25, 0.3) is 0 Å². The van der Waals surface area contributed by atoms with Gasteiger partial charge in [-0.2, -0.15) is 0 Å². The minimum absolute atomic E-state index is 0.111. The average Bonchev–Trinajstić information content (AvgIpc) is 3.37. The van der Waals surface area contributed by atoms with E-state index in [9.17, 15) is 14.4 Å². The molecule has 71 heavy (non-hydrogen) atoms. The summed E-state index contributed by atoms with van der Waals surface area (Å²) in [6, 6.07) is 0. The molecular weight excluding hydrogens is 877 g/mol. The maximum absolute atomic E-state index is 12.9. The molecule has 0 heterocycles. The Morgan fingerprint density at radius 1 is 0.296 bits per heavy atom. The predicted molar refractivity (Wildman–Crippen MR) is 306 cm³/mol. The van der Waals surface area contributed by atoms with Crippen LogP contribution in [0.15, 0.2) is 134 Å². The van der Waals surface area contributed by atoms with Crippen LogP contribution in [-0.2, 0) is 28.6 Å². The van der Waals surface area contributed by atoms with E-state index in [0.29, 0.717) is 19.3 Å². The Morgan fingerprint density at radius 2 is 0.549 bits per heavy atom. The smallest absolute Gasteiger partial charge is 0.306 e. The number of ether oxygens (including phenoxy) is 3. The third-order valence-electron chi connectivity index (χ3n) is 11.6. The van der Waals surface area contributed by atoms with E-state index >= 15 is 0 Å². The number of allylic oxidation sites excluding steroid dienone is 22. The van der Waals surface area contributed by atoms with Crippen LogP contribution in [0, 0.1) is 0 Å². The second kappa shape index (κ2) is 58.1. The van der Waals surface area contributed by atoms with Crippen molar-refractivity contribution >= 4 is 17.9 Å². The highest BCUT2D eigenvalue weighted by Gasteiger charge is 2.19. The Morgan fingerprint density at radius 3 is 0.887 bits per heavy atom. The average molecular weight is 982 g/mol. The van der Waals surface area contributed by atoms with Crippen LogP contribution in [0.1, 0.15) is 239 Å². The number of esters is 3. The van der Waals surface area contributed by atoms with Crippen LogP contribution in [-0.4, -0.2) is 37.2 Å². The van der Waals surface area contributed by atoms with Crippen molar-refractivity contribution in [2.75, 3.05) is 13.2 Å². The molecule has 0 radical (unpaired) electrons. The molecule has 0 aromatic rings. The normalized spacial score (nSPS) is 13.1. The summed E-state index contributed by atoms with van der Waals surface area (Å²) in [7, 11) is 0. The molecule has 0 N–H and O–H groups in total. The monoisotopic (exact) mass is 981 g/mol. The van der Waals surface area contributed by atoms with Crippen LogP contribution in [0.3, 0.4) is 0 Å². The number of carbonyl (C=O) groups excluding carboxylic acids is 3. The van der Waals surface area contributed by atoms with Crippen molar-refractivity contribution in [1.82, 2.24) is 0 Å². The van der Waals surface area contributed by atoms with Crippen molar-refractivity contribution in [2.24, 2.45) is 0 Å². The van der Waals surface area contributed by atoms with Crippen molar-refractivity contribution in [3.05, 3.63) is 134 Å². The zero-order valence-electron chi connectivity index (χ0n) is 45.7. The molecule has 0 aromatic heterocycles. The van der Waals surface area contributed by atoms with Gasteiger partial charge in [-0.25, -0.2) is 0 Å². The lowest BCUT2D eigenvalue weighted by Crippen LogP contribution is -2.30. The highest BCUT2D eigenvalue weighted by molar-refractivity contribution is 5.71. The highest BCUT2D eigenvalue weighted by Crippen LogP contribution is 2.13. The Balaban J connectivity index is 4.55. The number of hydrogen-bond donors (Lipinski definition) is 0. The molecule has 0 saturated heterocycles. The quantitative estimate of drug-likeness (QED) is 0.0262. The van der Waals surface area contributed by atoms with E-state index in [1.807, 2.05) is 0 Å². The number of carbonyl (C=O) groups is 3. The van der Waals surface area contributed by atoms with Gasteiger partial charge in [0.1, 0.15) is 13.2 Å². The van der Waals surface area contributed by atoms with E-state index < -0.39 is 6.10 Å². The molecule has 0 aromatic carbocycles. The van der Waals surface area contributed by atoms with Gasteiger partial charge in [0, 0.05) is 19.3 Å². The second-order valence-electron chi connectivity index (χ2n) is 18.4. The lowest BCUT2D eigenvalue weighted by atomic mass is 10.1. The van der Waals surface area contributed by atoms with Gasteiger partial charge in [0.05, 0.1) is 0 Å². The second-order valence-corrected chi connectivity index (χ2v) is 18.4. The van der Waals surface area contributed by atoms with Crippen LogP contribution in [0.5, 0.6) is 0 Å². The van der Waals surface area contributed by atoms with Gasteiger partial charge in [-0.3, -0.25) is 14.4 Å². The third kappa shape index (κ3) is 56.3. The summed E-state index contributed by atoms with van der Waals surface area (Å²) in [5.74, 6) is -0.988. The van der Waals surface area contributed by atoms with Gasteiger partial charge in [0.25, 0.3) is 0 Å². The minimum Gasteiger partial charge on any atom is -0.462 e. The Labute approximate surface area is 436 Å². The maximum atomic E-state index is 12.9. The summed E-state index contributed by atoms with van der Waals surface area (Å²) < 4.78 is 16.8. The molecular formula is C65H104O6. The van der Waals surface area contributed by atoms with Crippen LogP contribution < -0.4 is 0 Å². The van der Waals surface area contributed by atoms with Gasteiger partial charge in [0.2, 0.25) is 0 Å². The van der Waals surface area contributed by atoms with Gasteiger partial charge in [-0.15, -0.1) is 0 Å². The molecule has 0 rings (SSSR count). The topological polar surface area (TPSA) is 78.9 Å². The molecule has 0 aliphatic heterocycles. The Kier molecular flexibility index (Phi) is 54.5. The van der Waals surface area contributed by atoms with Crippen LogP contribution in [0.4, 0.5) is 0 Å². The van der Waals surface area contributed by atoms with Crippen molar-refractivity contribution < 1.29 is 28.6 Å². The summed E-state index contributed by atoms with van der Waals surface area (Å²) in [6.07, 6.45) is 81.5. The first-order valence-electron chi connectivity index (χ1n) is 28.7. The van der Waals surface area contributed by atoms with Gasteiger partial charge < -0.3 is 14.2 Å². The third-order valence-corrected chi connectivity index (χ3v) is 11.6. The van der Waals surface area contributed by atoms with Crippen LogP contribution >= 0.6 is 0 Å². The molecule has 0 aliphatic rings. The van der Waals surface area contributed by atoms with E-state index in [2.05, 4.69) is 154 Å². The maximum Gasteiger partial charge on any atom is 0.306 e. The van der Waals surface area contributed by atoms with Crippen molar-refractivity contribution in [2.45, 2.75) is 245 Å². The molecule has 6 nitrogen and oxygen atoms in total. The van der Waals surface area contributed by atoms with Gasteiger partial charge >= 0.3 is 17.9 Å². The SMILES string of the molecule is CC/C=C\C/C=C\C/C=C\C/C=C\C/C=C\CCCCCC(=O)OC[C@H](COC(=O)CCCCCCC/C=C\CCCCCCCC)OC(=O)CCCCC/C=C\C/C=C\C/C=C\C/C=C\C/C=C\CC. The van der Waals surface area contributed by atoms with E-state index in [1.54, 1.807) is 0 Å². The molecule has 6 heteroatoms. The number of hydrogen-bond acceptors (Lipinski definition) is 6. The minimum atomic E-state index is -0.818. The fourth-order valence-electron chi connectivity index (χ4n) is 7.37. The largest absolute Gasteiger partial charge is 0.462 e. The summed E-state index contributed by atoms with van der Waals surface area (Å²) >= 11 is 0. The number of rotatable bonds is 50. The molecule has 0 aliphatic carbocycles. The molecule has 400 valence electrons. The first-order chi connectivity index (χ1) is 35.0. The lowest BCUT2D eigenvalue weighted by Gasteiger charge is -2.18. The predicted octanol–water partition coefficient (Wildman–Crippen LogP) is 19.4. The highest BCUT2D eigenvalue weighted by atomic mass is 16.6. The summed E-state index contributed by atoms with van der Waals surface area (Å²) in [5, 5.41) is 0. The molecule has 0 bridgehead atoms. The molecule has 0 fully saturated rings. The van der Waals surface area contributed by atoms with E-state index in [-0.39, 0.29) is 37.5 Å². The van der Waals surface area contributed by atoms with E-state index in [4.69, 9.17) is 14.2 Å². The summed E-state index contributed by atoms with van der Waals surface area (Å²) in [6.45, 7) is 6.34. The van der Waals surface area contributed by atoms with Crippen molar-refractivity contribution in [1.29, 1.82) is 0 Å². The molecule has 0 saturated carbocycles. The van der Waals surface area contributed by atoms with Crippen molar-refractivity contribution in [3.8, 4) is 0 Å². The molecule has 1 atom stereocenters. The zero-order valence-corrected chi connectivity index (χ0v) is 45.7. The molecule has 0 unspecified atom stereocenters. The van der Waals surface area contributed by atoms with Gasteiger partial charge in [-0.1, -0.05) is 219 Å². The Bertz CT molecular complexity index is 1550. The molecule has 0 spiro atoms. The van der Waals surface area contributed by atoms with E-state index in [1.165, 1.54) is 51.4 Å².